The zero-order valence-corrected chi connectivity index (χ0v) is 10.4. The number of benzene rings is 1. The molecule has 2 aromatic rings. The fourth-order valence-electron chi connectivity index (χ4n) is 1.68. The number of aliphatic carboxylic acids is 1. The maximum absolute atomic E-state index is 11.8. The number of carboxylic acid groups (broad SMARTS) is 1. The predicted octanol–water partition coefficient (Wildman–Crippen LogP) is 0.541. The number of phenols is 1. The Kier molecular flexibility index (Phi) is 3.99. The number of nitrogens with zero attached hydrogens (tertiary/aromatic N) is 1. The number of phenolic OH excluding ortho intramolecular Hbond substituents is 1. The summed E-state index contributed by atoms with van der Waals surface area (Å²) in [6, 6.07) is 5.08. The van der Waals surface area contributed by atoms with Crippen LogP contribution in [0.2, 0.25) is 0 Å². The zero-order valence-electron chi connectivity index (χ0n) is 10.4. The lowest BCUT2D eigenvalue weighted by atomic mass is 10.1. The minimum atomic E-state index is -1.13. The molecule has 7 heteroatoms. The van der Waals surface area contributed by atoms with Gasteiger partial charge >= 0.3 is 5.97 Å². The fourth-order valence-corrected chi connectivity index (χ4v) is 1.68. The average molecular weight is 275 g/mol. The summed E-state index contributed by atoms with van der Waals surface area (Å²) in [4.78, 5) is 29.3. The lowest BCUT2D eigenvalue weighted by Crippen LogP contribution is -2.42. The summed E-state index contributed by atoms with van der Waals surface area (Å²) in [7, 11) is 0. The number of aromatic amines is 1. The molecule has 1 amide bonds. The van der Waals surface area contributed by atoms with Crippen LogP contribution in [0.25, 0.3) is 0 Å². The lowest BCUT2D eigenvalue weighted by Gasteiger charge is -2.14. The van der Waals surface area contributed by atoms with Crippen LogP contribution < -0.4 is 5.32 Å². The topological polar surface area (TPSA) is 115 Å². The third-order valence-electron chi connectivity index (χ3n) is 2.72. The summed E-state index contributed by atoms with van der Waals surface area (Å²) in [6.45, 7) is 0. The number of hydrogen-bond acceptors (Lipinski definition) is 4. The van der Waals surface area contributed by atoms with Gasteiger partial charge in [-0.3, -0.25) is 4.79 Å². The Labute approximate surface area is 114 Å². The third kappa shape index (κ3) is 3.35. The van der Waals surface area contributed by atoms with Gasteiger partial charge in [0.15, 0.2) is 0 Å². The van der Waals surface area contributed by atoms with Crippen molar-refractivity contribution in [2.45, 2.75) is 12.5 Å². The van der Waals surface area contributed by atoms with Crippen LogP contribution in [0.5, 0.6) is 5.75 Å². The predicted molar refractivity (Wildman–Crippen MR) is 69.3 cm³/mol. The van der Waals surface area contributed by atoms with E-state index < -0.39 is 17.9 Å². The molecule has 1 aromatic carbocycles. The number of hydrogen-bond donors (Lipinski definition) is 4. The highest BCUT2D eigenvalue weighted by Gasteiger charge is 2.21. The second kappa shape index (κ2) is 5.87. The Balaban J connectivity index is 2.06. The monoisotopic (exact) mass is 275 g/mol. The number of carbonyl (C=O) groups is 2. The first-order valence-corrected chi connectivity index (χ1v) is 5.86. The molecule has 104 valence electrons. The molecule has 0 aliphatic heterocycles. The molecule has 0 unspecified atom stereocenters. The van der Waals surface area contributed by atoms with E-state index in [9.17, 15) is 14.7 Å². The average Bonchev–Trinajstić information content (AvgIpc) is 2.94. The molecule has 0 bridgehead atoms. The molecule has 2 rings (SSSR count). The van der Waals surface area contributed by atoms with E-state index in [0.29, 0.717) is 5.56 Å². The van der Waals surface area contributed by atoms with E-state index in [0.717, 1.165) is 0 Å². The van der Waals surface area contributed by atoms with Crippen LogP contribution in [0.15, 0.2) is 36.8 Å². The Morgan fingerprint density at radius 1 is 1.30 bits per heavy atom. The van der Waals surface area contributed by atoms with Gasteiger partial charge < -0.3 is 20.5 Å². The van der Waals surface area contributed by atoms with E-state index in [1.807, 2.05) is 0 Å². The summed E-state index contributed by atoms with van der Waals surface area (Å²) in [6.07, 6.45) is 2.77. The number of H-pyrrole nitrogens is 1. The molecule has 1 heterocycles. The first kappa shape index (κ1) is 13.6. The largest absolute Gasteiger partial charge is 0.508 e. The van der Waals surface area contributed by atoms with Crippen molar-refractivity contribution in [3.8, 4) is 5.75 Å². The SMILES string of the molecule is O=C(N[C@H](Cc1ccc(O)cc1)C(=O)O)c1cnc[nH]1. The van der Waals surface area contributed by atoms with Gasteiger partial charge in [0.1, 0.15) is 17.5 Å². The van der Waals surface area contributed by atoms with E-state index in [1.165, 1.54) is 24.7 Å². The molecule has 0 aliphatic carbocycles. The highest BCUT2D eigenvalue weighted by atomic mass is 16.4. The lowest BCUT2D eigenvalue weighted by molar-refractivity contribution is -0.139. The van der Waals surface area contributed by atoms with Crippen LogP contribution in [0.4, 0.5) is 0 Å². The minimum absolute atomic E-state index is 0.0992. The van der Waals surface area contributed by atoms with E-state index in [2.05, 4.69) is 15.3 Å². The highest BCUT2D eigenvalue weighted by molar-refractivity contribution is 5.94. The van der Waals surface area contributed by atoms with Crippen LogP contribution in [0.3, 0.4) is 0 Å². The molecule has 1 atom stereocenters. The second-order valence-corrected chi connectivity index (χ2v) is 4.20. The molecular weight excluding hydrogens is 262 g/mol. The first-order chi connectivity index (χ1) is 9.56. The van der Waals surface area contributed by atoms with Crippen molar-refractivity contribution < 1.29 is 19.8 Å². The quantitative estimate of drug-likeness (QED) is 0.635. The number of aromatic hydroxyl groups is 1. The van der Waals surface area contributed by atoms with Crippen molar-refractivity contribution in [3.63, 3.8) is 0 Å². The molecule has 0 aliphatic rings. The number of aromatic nitrogens is 2. The van der Waals surface area contributed by atoms with E-state index in [-0.39, 0.29) is 17.9 Å². The number of carboxylic acids is 1. The summed E-state index contributed by atoms with van der Waals surface area (Å²) >= 11 is 0. The van der Waals surface area contributed by atoms with Gasteiger partial charge in [0, 0.05) is 6.42 Å². The Morgan fingerprint density at radius 3 is 2.55 bits per heavy atom. The molecule has 0 spiro atoms. The van der Waals surface area contributed by atoms with Crippen molar-refractivity contribution in [2.75, 3.05) is 0 Å². The van der Waals surface area contributed by atoms with E-state index in [1.54, 1.807) is 12.1 Å². The molecule has 7 nitrogen and oxygen atoms in total. The van der Waals surface area contributed by atoms with Crippen molar-refractivity contribution in [2.24, 2.45) is 0 Å². The van der Waals surface area contributed by atoms with E-state index >= 15 is 0 Å². The molecule has 0 saturated carbocycles. The van der Waals surface area contributed by atoms with Crippen LogP contribution in [-0.4, -0.2) is 38.1 Å². The number of carbonyl (C=O) groups excluding carboxylic acids is 1. The molecule has 20 heavy (non-hydrogen) atoms. The molecule has 0 radical (unpaired) electrons. The summed E-state index contributed by atoms with van der Waals surface area (Å²) in [5.41, 5.74) is 0.891. The minimum Gasteiger partial charge on any atom is -0.508 e. The molecule has 0 fully saturated rings. The van der Waals surface area contributed by atoms with Gasteiger partial charge in [0.05, 0.1) is 12.5 Å². The smallest absolute Gasteiger partial charge is 0.326 e. The molecule has 1 aromatic heterocycles. The van der Waals surface area contributed by atoms with Gasteiger partial charge in [-0.15, -0.1) is 0 Å². The molecule has 0 saturated heterocycles. The van der Waals surface area contributed by atoms with Crippen LogP contribution in [-0.2, 0) is 11.2 Å². The van der Waals surface area contributed by atoms with Gasteiger partial charge in [0.2, 0.25) is 0 Å². The van der Waals surface area contributed by atoms with Gasteiger partial charge in [-0.05, 0) is 17.7 Å². The molecular formula is C13H13N3O4. The maximum atomic E-state index is 11.8. The summed E-state index contributed by atoms with van der Waals surface area (Å²) in [5.74, 6) is -1.57. The summed E-state index contributed by atoms with van der Waals surface area (Å²) < 4.78 is 0. The summed E-state index contributed by atoms with van der Waals surface area (Å²) in [5, 5.41) is 20.7. The Morgan fingerprint density at radius 2 is 2.00 bits per heavy atom. The van der Waals surface area contributed by atoms with Crippen LogP contribution in [0, 0.1) is 0 Å². The standard InChI is InChI=1S/C13H13N3O4/c17-9-3-1-8(2-4-9)5-10(13(19)20)16-12(18)11-6-14-7-15-11/h1-4,6-7,10,17H,5H2,(H,14,15)(H,16,18)(H,19,20)/t10-/m1/s1. The fraction of sp³-hybridized carbons (Fsp3) is 0.154. The second-order valence-electron chi connectivity index (χ2n) is 4.20. The van der Waals surface area contributed by atoms with Crippen molar-refractivity contribution >= 4 is 11.9 Å². The van der Waals surface area contributed by atoms with Gasteiger partial charge in [-0.2, -0.15) is 0 Å². The maximum Gasteiger partial charge on any atom is 0.326 e. The van der Waals surface area contributed by atoms with Crippen molar-refractivity contribution in [1.29, 1.82) is 0 Å². The van der Waals surface area contributed by atoms with Gasteiger partial charge in [0.25, 0.3) is 5.91 Å². The molecule has 4 N–H and O–H groups in total. The van der Waals surface area contributed by atoms with E-state index in [4.69, 9.17) is 5.11 Å². The van der Waals surface area contributed by atoms with Crippen molar-refractivity contribution in [1.82, 2.24) is 15.3 Å². The zero-order chi connectivity index (χ0) is 14.5. The third-order valence-corrected chi connectivity index (χ3v) is 2.72. The van der Waals surface area contributed by atoms with Gasteiger partial charge in [-0.25, -0.2) is 9.78 Å². The Hall–Kier alpha value is -2.83. The van der Waals surface area contributed by atoms with Gasteiger partial charge in [-0.1, -0.05) is 12.1 Å². The first-order valence-electron chi connectivity index (χ1n) is 5.86. The Bertz CT molecular complexity index is 593. The van der Waals surface area contributed by atoms with Crippen LogP contribution in [0.1, 0.15) is 16.1 Å². The normalized spacial score (nSPS) is 11.8. The number of rotatable bonds is 5. The highest BCUT2D eigenvalue weighted by Crippen LogP contribution is 2.11. The number of amides is 1. The number of imidazole rings is 1. The van der Waals surface area contributed by atoms with Crippen molar-refractivity contribution in [3.05, 3.63) is 48.0 Å². The number of nitrogens with one attached hydrogen (secondary N) is 2. The van der Waals surface area contributed by atoms with Crippen LogP contribution >= 0.6 is 0 Å².